The molecular weight excluding hydrogens is 501 g/mol. The number of hydrogen-bond acceptors (Lipinski definition) is 7. The highest BCUT2D eigenvalue weighted by Crippen LogP contribution is 2.28. The average Bonchev–Trinajstić information content (AvgIpc) is 3.47. The molecule has 7 nitrogen and oxygen atoms in total. The average molecular weight is 536 g/mol. The van der Waals surface area contributed by atoms with E-state index in [1.807, 2.05) is 43.3 Å². The van der Waals surface area contributed by atoms with Crippen molar-refractivity contribution in [2.24, 2.45) is 0 Å². The number of aromatic nitrogens is 2. The molecule has 0 aliphatic carbocycles. The summed E-state index contributed by atoms with van der Waals surface area (Å²) >= 11 is 1.57. The number of carbonyl (C=O) groups excluding carboxylic acids is 1. The molecule has 5 rings (SSSR count). The highest BCUT2D eigenvalue weighted by Gasteiger charge is 2.23. The Hall–Kier alpha value is -3.17. The maximum Gasteiger partial charge on any atom is 0.251 e. The fourth-order valence-electron chi connectivity index (χ4n) is 4.89. The Labute approximate surface area is 227 Å². The molecule has 200 valence electrons. The van der Waals surface area contributed by atoms with Gasteiger partial charge in [-0.05, 0) is 56.5 Å². The molecule has 3 aromatic rings. The molecule has 2 fully saturated rings. The number of para-hydroxylation sites is 1. The van der Waals surface area contributed by atoms with Gasteiger partial charge in [0.25, 0.3) is 5.91 Å². The summed E-state index contributed by atoms with van der Waals surface area (Å²) in [5.41, 5.74) is 4.37. The molecule has 0 spiro atoms. The highest BCUT2D eigenvalue weighted by atomic mass is 32.2. The fraction of sp³-hybridized carbons (Fsp3) is 0.414. The zero-order valence-electron chi connectivity index (χ0n) is 22.0. The van der Waals surface area contributed by atoms with Gasteiger partial charge in [-0.1, -0.05) is 36.0 Å². The smallest absolute Gasteiger partial charge is 0.251 e. The number of benzene rings is 2. The number of thioether (sulfide) groups is 1. The molecule has 2 aliphatic rings. The van der Waals surface area contributed by atoms with Crippen LogP contribution in [-0.4, -0.2) is 61.3 Å². The van der Waals surface area contributed by atoms with Gasteiger partial charge in [-0.15, -0.1) is 0 Å². The lowest BCUT2D eigenvalue weighted by Crippen LogP contribution is -2.47. The van der Waals surface area contributed by atoms with Gasteiger partial charge < -0.3 is 19.9 Å². The van der Waals surface area contributed by atoms with Crippen LogP contribution < -0.4 is 15.1 Å². The molecule has 0 saturated carbocycles. The first-order valence-electron chi connectivity index (χ1n) is 13.2. The lowest BCUT2D eigenvalue weighted by Gasteiger charge is -2.37. The van der Waals surface area contributed by atoms with E-state index in [1.54, 1.807) is 17.8 Å². The summed E-state index contributed by atoms with van der Waals surface area (Å²) in [7, 11) is 0. The van der Waals surface area contributed by atoms with E-state index >= 15 is 0 Å². The van der Waals surface area contributed by atoms with Gasteiger partial charge in [0.05, 0.1) is 11.8 Å². The number of halogens is 1. The first-order chi connectivity index (χ1) is 18.5. The predicted octanol–water partition coefficient (Wildman–Crippen LogP) is 4.76. The Morgan fingerprint density at radius 3 is 2.63 bits per heavy atom. The standard InChI is InChI=1S/C29H34FN5O2S/c1-20-21(2)32-29(33-27(20)35-14-12-34(13-15-35)26-11-4-3-10-25(26)30)38-19-22-7-5-8-23(17-22)28(36)31-18-24-9-6-16-37-24/h3-5,7-8,10-11,17,24H,6,9,12-16,18-19H2,1-2H3,(H,31,36)/t24-/m1/s1. The summed E-state index contributed by atoms with van der Waals surface area (Å²) in [6, 6.07) is 14.6. The van der Waals surface area contributed by atoms with Crippen molar-refractivity contribution in [2.45, 2.75) is 43.7 Å². The second-order valence-corrected chi connectivity index (χ2v) is 10.7. The Kier molecular flexibility index (Phi) is 8.44. The van der Waals surface area contributed by atoms with E-state index in [0.29, 0.717) is 28.7 Å². The predicted molar refractivity (Wildman–Crippen MR) is 150 cm³/mol. The molecule has 1 N–H and O–H groups in total. The summed E-state index contributed by atoms with van der Waals surface area (Å²) in [5, 5.41) is 3.71. The number of piperazine rings is 1. The first kappa shape index (κ1) is 26.4. The second kappa shape index (κ2) is 12.1. The number of nitrogens with one attached hydrogen (secondary N) is 1. The molecule has 0 radical (unpaired) electrons. The van der Waals surface area contributed by atoms with E-state index in [4.69, 9.17) is 14.7 Å². The van der Waals surface area contributed by atoms with Crippen molar-refractivity contribution in [3.05, 3.63) is 76.7 Å². The zero-order chi connectivity index (χ0) is 26.5. The van der Waals surface area contributed by atoms with Crippen molar-refractivity contribution >= 4 is 29.2 Å². The monoisotopic (exact) mass is 535 g/mol. The van der Waals surface area contributed by atoms with Crippen LogP contribution >= 0.6 is 11.8 Å². The van der Waals surface area contributed by atoms with Crippen molar-refractivity contribution in [3.63, 3.8) is 0 Å². The number of ether oxygens (including phenoxy) is 1. The molecule has 2 aromatic carbocycles. The number of nitrogens with zero attached hydrogens (tertiary/aromatic N) is 4. The topological polar surface area (TPSA) is 70.6 Å². The maximum absolute atomic E-state index is 14.3. The molecule has 0 unspecified atom stereocenters. The van der Waals surface area contributed by atoms with Crippen molar-refractivity contribution < 1.29 is 13.9 Å². The minimum Gasteiger partial charge on any atom is -0.376 e. The van der Waals surface area contributed by atoms with Gasteiger partial charge in [-0.2, -0.15) is 0 Å². The maximum atomic E-state index is 14.3. The van der Waals surface area contributed by atoms with E-state index in [0.717, 1.165) is 68.3 Å². The number of rotatable bonds is 8. The highest BCUT2D eigenvalue weighted by molar-refractivity contribution is 7.98. The number of amides is 1. The van der Waals surface area contributed by atoms with Gasteiger partial charge in [-0.25, -0.2) is 14.4 Å². The molecule has 0 bridgehead atoms. The molecule has 38 heavy (non-hydrogen) atoms. The summed E-state index contributed by atoms with van der Waals surface area (Å²) < 4.78 is 19.9. The van der Waals surface area contributed by atoms with E-state index in [-0.39, 0.29) is 17.8 Å². The first-order valence-corrected chi connectivity index (χ1v) is 14.2. The van der Waals surface area contributed by atoms with Crippen molar-refractivity contribution in [1.29, 1.82) is 0 Å². The summed E-state index contributed by atoms with van der Waals surface area (Å²) in [6.07, 6.45) is 2.17. The molecule has 2 saturated heterocycles. The third kappa shape index (κ3) is 6.27. The Morgan fingerprint density at radius 1 is 1.08 bits per heavy atom. The van der Waals surface area contributed by atoms with Crippen LogP contribution in [0.3, 0.4) is 0 Å². The number of carbonyl (C=O) groups is 1. The summed E-state index contributed by atoms with van der Waals surface area (Å²) in [4.78, 5) is 26.6. The minimum atomic E-state index is -0.182. The van der Waals surface area contributed by atoms with Crippen molar-refractivity contribution in [3.8, 4) is 0 Å². The van der Waals surface area contributed by atoms with Crippen molar-refractivity contribution in [2.75, 3.05) is 49.1 Å². The normalized spacial score (nSPS) is 17.6. The van der Waals surface area contributed by atoms with Crippen LogP contribution in [0, 0.1) is 19.7 Å². The third-order valence-corrected chi connectivity index (χ3v) is 8.11. The Balaban J connectivity index is 1.21. The van der Waals surface area contributed by atoms with Crippen LogP contribution in [0.4, 0.5) is 15.9 Å². The third-order valence-electron chi connectivity index (χ3n) is 7.19. The van der Waals surface area contributed by atoms with Gasteiger partial charge in [0.15, 0.2) is 5.16 Å². The lowest BCUT2D eigenvalue weighted by atomic mass is 10.1. The SMILES string of the molecule is Cc1nc(SCc2cccc(C(=O)NC[C@H]3CCCO3)c2)nc(N2CCN(c3ccccc3F)CC2)c1C. The molecular formula is C29H34FN5O2S. The number of hydrogen-bond donors (Lipinski definition) is 1. The van der Waals surface area contributed by atoms with Gasteiger partial charge in [0.1, 0.15) is 11.6 Å². The molecule has 1 atom stereocenters. The van der Waals surface area contributed by atoms with Gasteiger partial charge in [0, 0.05) is 61.9 Å². The van der Waals surface area contributed by atoms with E-state index in [1.165, 1.54) is 6.07 Å². The van der Waals surface area contributed by atoms with E-state index in [9.17, 15) is 9.18 Å². The Morgan fingerprint density at radius 2 is 1.87 bits per heavy atom. The van der Waals surface area contributed by atoms with Gasteiger partial charge in [0.2, 0.25) is 0 Å². The van der Waals surface area contributed by atoms with Crippen LogP contribution in [0.1, 0.15) is 40.0 Å². The van der Waals surface area contributed by atoms with Crippen LogP contribution in [0.5, 0.6) is 0 Å². The largest absolute Gasteiger partial charge is 0.376 e. The fourth-order valence-corrected chi connectivity index (χ4v) is 5.72. The van der Waals surface area contributed by atoms with Crippen LogP contribution in [0.2, 0.25) is 0 Å². The van der Waals surface area contributed by atoms with Crippen LogP contribution in [0.15, 0.2) is 53.7 Å². The number of aryl methyl sites for hydroxylation is 1. The summed E-state index contributed by atoms with van der Waals surface area (Å²) in [6.45, 7) is 8.38. The van der Waals surface area contributed by atoms with Crippen LogP contribution in [0.25, 0.3) is 0 Å². The number of anilines is 2. The molecule has 1 aromatic heterocycles. The van der Waals surface area contributed by atoms with E-state index < -0.39 is 0 Å². The van der Waals surface area contributed by atoms with Gasteiger partial charge >= 0.3 is 0 Å². The zero-order valence-corrected chi connectivity index (χ0v) is 22.8. The van der Waals surface area contributed by atoms with E-state index in [2.05, 4.69) is 22.0 Å². The molecule has 3 heterocycles. The van der Waals surface area contributed by atoms with Crippen molar-refractivity contribution in [1.82, 2.24) is 15.3 Å². The van der Waals surface area contributed by atoms with Gasteiger partial charge in [-0.3, -0.25) is 4.79 Å². The molecule has 1 amide bonds. The quantitative estimate of drug-likeness (QED) is 0.329. The molecule has 9 heteroatoms. The molecule has 2 aliphatic heterocycles. The lowest BCUT2D eigenvalue weighted by molar-refractivity contribution is 0.0857. The Bertz CT molecular complexity index is 1280. The summed E-state index contributed by atoms with van der Waals surface area (Å²) in [5.74, 6) is 1.34. The van der Waals surface area contributed by atoms with Crippen LogP contribution in [-0.2, 0) is 10.5 Å². The minimum absolute atomic E-state index is 0.0772. The second-order valence-electron chi connectivity index (χ2n) is 9.80.